The lowest BCUT2D eigenvalue weighted by atomic mass is 10.1. The van der Waals surface area contributed by atoms with Gasteiger partial charge in [0.15, 0.2) is 0 Å². The zero-order valence-corrected chi connectivity index (χ0v) is 9.87. The van der Waals surface area contributed by atoms with Crippen molar-refractivity contribution in [1.82, 2.24) is 4.98 Å². The molecule has 0 bridgehead atoms. The van der Waals surface area contributed by atoms with Crippen molar-refractivity contribution >= 4 is 11.7 Å². The van der Waals surface area contributed by atoms with Crippen LogP contribution < -0.4 is 5.73 Å². The van der Waals surface area contributed by atoms with Crippen LogP contribution in [0.4, 0.5) is 10.1 Å². The molecule has 0 unspecified atom stereocenters. The zero-order valence-electron chi connectivity index (χ0n) is 9.87. The Kier molecular flexibility index (Phi) is 3.32. The minimum absolute atomic E-state index is 0.226. The van der Waals surface area contributed by atoms with E-state index in [9.17, 15) is 9.18 Å². The summed E-state index contributed by atoms with van der Waals surface area (Å²) in [6, 6.07) is 6.25. The average Bonchev–Trinajstić information content (AvgIpc) is 2.70. The predicted molar refractivity (Wildman–Crippen MR) is 65.8 cm³/mol. The van der Waals surface area contributed by atoms with Crippen molar-refractivity contribution in [2.75, 3.05) is 12.8 Å². The number of anilines is 1. The maximum Gasteiger partial charge on any atom is 0.356 e. The molecule has 1 aromatic carbocycles. The number of aromatic nitrogens is 1. The molecule has 1 aromatic heterocycles. The molecule has 0 aliphatic heterocycles. The number of H-pyrrole nitrogens is 1. The Morgan fingerprint density at radius 3 is 2.94 bits per heavy atom. The van der Waals surface area contributed by atoms with E-state index in [1.165, 1.54) is 19.2 Å². The molecule has 18 heavy (non-hydrogen) atoms. The van der Waals surface area contributed by atoms with Crippen LogP contribution >= 0.6 is 0 Å². The summed E-state index contributed by atoms with van der Waals surface area (Å²) < 4.78 is 17.6. The van der Waals surface area contributed by atoms with Crippen LogP contribution in [0.1, 0.15) is 21.6 Å². The number of ether oxygens (including phenoxy) is 1. The van der Waals surface area contributed by atoms with Crippen LogP contribution in [0.15, 0.2) is 30.5 Å². The minimum atomic E-state index is -0.516. The molecule has 0 aliphatic rings. The lowest BCUT2D eigenvalue weighted by Gasteiger charge is -2.02. The summed E-state index contributed by atoms with van der Waals surface area (Å²) >= 11 is 0. The molecule has 0 spiro atoms. The van der Waals surface area contributed by atoms with Crippen molar-refractivity contribution in [3.05, 3.63) is 53.1 Å². The summed E-state index contributed by atoms with van der Waals surface area (Å²) in [5, 5.41) is 0. The van der Waals surface area contributed by atoms with E-state index in [0.717, 1.165) is 11.1 Å². The van der Waals surface area contributed by atoms with Crippen molar-refractivity contribution in [1.29, 1.82) is 0 Å². The number of nitrogen functional groups attached to an aromatic ring is 1. The average molecular weight is 248 g/mol. The van der Waals surface area contributed by atoms with Crippen molar-refractivity contribution in [2.24, 2.45) is 0 Å². The zero-order chi connectivity index (χ0) is 13.1. The minimum Gasteiger partial charge on any atom is -0.464 e. The molecule has 3 N–H and O–H groups in total. The third kappa shape index (κ3) is 2.34. The predicted octanol–water partition coefficient (Wildman–Crippen LogP) is 2.11. The van der Waals surface area contributed by atoms with Gasteiger partial charge in [0.25, 0.3) is 0 Å². The number of hydrogen-bond acceptors (Lipinski definition) is 3. The van der Waals surface area contributed by atoms with Crippen molar-refractivity contribution in [3.8, 4) is 0 Å². The highest BCUT2D eigenvalue weighted by atomic mass is 19.1. The summed E-state index contributed by atoms with van der Waals surface area (Å²) in [5.41, 5.74) is 7.93. The third-order valence-corrected chi connectivity index (χ3v) is 2.68. The summed E-state index contributed by atoms with van der Waals surface area (Å²) in [7, 11) is 1.29. The van der Waals surface area contributed by atoms with Crippen LogP contribution in [0.2, 0.25) is 0 Å². The fraction of sp³-hybridized carbons (Fsp3) is 0.154. The van der Waals surface area contributed by atoms with Crippen LogP contribution in [-0.4, -0.2) is 18.1 Å². The van der Waals surface area contributed by atoms with Crippen LogP contribution in [-0.2, 0) is 11.2 Å². The molecule has 1 heterocycles. The molecule has 94 valence electrons. The van der Waals surface area contributed by atoms with E-state index < -0.39 is 5.97 Å². The molecule has 0 fully saturated rings. The second-order valence-corrected chi connectivity index (χ2v) is 3.90. The molecule has 0 saturated carbocycles. The standard InChI is InChI=1S/C13H13FN2O2/c1-18-13(17)12-11(15)9(7-16-12)5-8-3-2-4-10(14)6-8/h2-4,6-7,16H,5,15H2,1H3. The molecule has 0 saturated heterocycles. The van der Waals surface area contributed by atoms with Crippen molar-refractivity contribution < 1.29 is 13.9 Å². The van der Waals surface area contributed by atoms with Crippen molar-refractivity contribution in [3.63, 3.8) is 0 Å². The number of benzene rings is 1. The first-order valence-electron chi connectivity index (χ1n) is 5.40. The molecule has 0 aliphatic carbocycles. The number of methoxy groups -OCH3 is 1. The van der Waals surface area contributed by atoms with E-state index >= 15 is 0 Å². The van der Waals surface area contributed by atoms with Gasteiger partial charge in [0.1, 0.15) is 11.5 Å². The second-order valence-electron chi connectivity index (χ2n) is 3.90. The molecular formula is C13H13FN2O2. The summed E-state index contributed by atoms with van der Waals surface area (Å²) in [6.07, 6.45) is 2.09. The number of rotatable bonds is 3. The van der Waals surface area contributed by atoms with E-state index in [-0.39, 0.29) is 11.5 Å². The third-order valence-electron chi connectivity index (χ3n) is 2.68. The summed E-state index contributed by atoms with van der Waals surface area (Å²) in [4.78, 5) is 14.1. The SMILES string of the molecule is COC(=O)c1[nH]cc(Cc2cccc(F)c2)c1N. The molecule has 5 heteroatoms. The second kappa shape index (κ2) is 4.91. The number of esters is 1. The van der Waals surface area contributed by atoms with Crippen LogP contribution in [0.3, 0.4) is 0 Å². The normalized spacial score (nSPS) is 10.3. The number of aromatic amines is 1. The highest BCUT2D eigenvalue weighted by Crippen LogP contribution is 2.21. The molecule has 0 atom stereocenters. The van der Waals surface area contributed by atoms with Crippen molar-refractivity contribution in [2.45, 2.75) is 6.42 Å². The Hall–Kier alpha value is -2.30. The van der Waals surface area contributed by atoms with Gasteiger partial charge in [-0.1, -0.05) is 12.1 Å². The fourth-order valence-corrected chi connectivity index (χ4v) is 1.76. The van der Waals surface area contributed by atoms with E-state index in [4.69, 9.17) is 5.73 Å². The Balaban J connectivity index is 2.25. The summed E-state index contributed by atoms with van der Waals surface area (Å²) in [6.45, 7) is 0. The molecule has 2 aromatic rings. The molecule has 2 rings (SSSR count). The number of nitrogens with one attached hydrogen (secondary N) is 1. The van der Waals surface area contributed by atoms with Gasteiger partial charge >= 0.3 is 5.97 Å². The number of carbonyl (C=O) groups is 1. The summed E-state index contributed by atoms with van der Waals surface area (Å²) in [5.74, 6) is -0.812. The van der Waals surface area contributed by atoms with Gasteiger partial charge in [-0.25, -0.2) is 9.18 Å². The highest BCUT2D eigenvalue weighted by molar-refractivity contribution is 5.94. The molecule has 4 nitrogen and oxygen atoms in total. The Labute approximate surface area is 104 Å². The van der Waals surface area contributed by atoms with Gasteiger partial charge in [0, 0.05) is 12.6 Å². The molecular weight excluding hydrogens is 235 g/mol. The highest BCUT2D eigenvalue weighted by Gasteiger charge is 2.15. The first kappa shape index (κ1) is 12.2. The topological polar surface area (TPSA) is 68.1 Å². The van der Waals surface area contributed by atoms with E-state index in [1.807, 2.05) is 0 Å². The van der Waals surface area contributed by atoms with Gasteiger partial charge in [-0.05, 0) is 23.3 Å². The molecule has 0 radical (unpaired) electrons. The smallest absolute Gasteiger partial charge is 0.356 e. The van der Waals surface area contributed by atoms with Gasteiger partial charge in [0.2, 0.25) is 0 Å². The Morgan fingerprint density at radius 1 is 1.50 bits per heavy atom. The van der Waals surface area contributed by atoms with Gasteiger partial charge < -0.3 is 15.5 Å². The van der Waals surface area contributed by atoms with Crippen LogP contribution in [0.25, 0.3) is 0 Å². The quantitative estimate of drug-likeness (QED) is 0.817. The van der Waals surface area contributed by atoms with E-state index in [1.54, 1.807) is 18.3 Å². The Morgan fingerprint density at radius 2 is 2.28 bits per heavy atom. The fourth-order valence-electron chi connectivity index (χ4n) is 1.76. The number of halogens is 1. The lowest BCUT2D eigenvalue weighted by Crippen LogP contribution is -2.05. The Bertz CT molecular complexity index is 578. The van der Waals surface area contributed by atoms with E-state index in [2.05, 4.69) is 9.72 Å². The maximum absolute atomic E-state index is 13.0. The van der Waals surface area contributed by atoms with Crippen LogP contribution in [0.5, 0.6) is 0 Å². The first-order valence-corrected chi connectivity index (χ1v) is 5.40. The number of nitrogens with two attached hydrogens (primary N) is 1. The van der Waals surface area contributed by atoms with Gasteiger partial charge in [-0.3, -0.25) is 0 Å². The maximum atomic E-state index is 13.0. The van der Waals surface area contributed by atoms with Gasteiger partial charge in [0.05, 0.1) is 12.8 Å². The molecule has 0 amide bonds. The lowest BCUT2D eigenvalue weighted by molar-refractivity contribution is 0.0596. The first-order chi connectivity index (χ1) is 8.61. The van der Waals surface area contributed by atoms with Crippen LogP contribution in [0, 0.1) is 5.82 Å². The number of carbonyl (C=O) groups excluding carboxylic acids is 1. The van der Waals surface area contributed by atoms with Gasteiger partial charge in [-0.15, -0.1) is 0 Å². The van der Waals surface area contributed by atoms with Gasteiger partial charge in [-0.2, -0.15) is 0 Å². The monoisotopic (exact) mass is 248 g/mol. The number of hydrogen-bond donors (Lipinski definition) is 2. The van der Waals surface area contributed by atoms with E-state index in [0.29, 0.717) is 12.1 Å². The largest absolute Gasteiger partial charge is 0.464 e.